The lowest BCUT2D eigenvalue weighted by Gasteiger charge is -2.22. The number of halogens is 1. The standard InChI is InChI=1S/C20H24FN7O/c1-5-13-17(14-8-25-27-19(14)20(18(13)21)26-12(2)3)15-9-28(7-6-23-15)10-16(22-4)24-11-29/h6,8-12,26H,4-5,7H2,1-3H3,(H,24,29)(H,25,27)/b16-10+. The molecule has 0 fully saturated rings. The van der Waals surface area contributed by atoms with Crippen molar-refractivity contribution in [2.45, 2.75) is 33.2 Å². The van der Waals surface area contributed by atoms with Crippen molar-refractivity contribution in [3.8, 4) is 0 Å². The van der Waals surface area contributed by atoms with Crippen molar-refractivity contribution in [1.29, 1.82) is 0 Å². The minimum absolute atomic E-state index is 0.0641. The minimum atomic E-state index is -0.312. The number of hydrogen-bond donors (Lipinski definition) is 3. The molecule has 0 spiro atoms. The smallest absolute Gasteiger partial charge is 0.212 e. The molecule has 1 aromatic carbocycles. The van der Waals surface area contributed by atoms with Crippen LogP contribution in [0.3, 0.4) is 0 Å². The topological polar surface area (TPSA) is 97.8 Å². The molecule has 1 amide bonds. The first kappa shape index (κ1) is 20.2. The summed E-state index contributed by atoms with van der Waals surface area (Å²) in [5.41, 5.74) is 2.86. The molecule has 2 heterocycles. The minimum Gasteiger partial charge on any atom is -0.379 e. The highest BCUT2D eigenvalue weighted by atomic mass is 19.1. The molecule has 0 radical (unpaired) electrons. The summed E-state index contributed by atoms with van der Waals surface area (Å²) in [7, 11) is 0. The molecular weight excluding hydrogens is 373 g/mol. The molecular formula is C20H24FN7O. The molecule has 2 aromatic rings. The third-order valence-corrected chi connectivity index (χ3v) is 4.46. The van der Waals surface area contributed by atoms with Crippen LogP contribution in [-0.2, 0) is 11.2 Å². The molecule has 0 unspecified atom stereocenters. The van der Waals surface area contributed by atoms with Crippen molar-refractivity contribution in [1.82, 2.24) is 20.4 Å². The fourth-order valence-electron chi connectivity index (χ4n) is 3.28. The third kappa shape index (κ3) is 4.03. The summed E-state index contributed by atoms with van der Waals surface area (Å²) in [5.74, 6) is -0.00878. The Hall–Kier alpha value is -3.49. The number of anilines is 1. The van der Waals surface area contributed by atoms with Gasteiger partial charge in [-0.15, -0.1) is 0 Å². The van der Waals surface area contributed by atoms with Crippen molar-refractivity contribution < 1.29 is 9.18 Å². The molecule has 3 N–H and O–H groups in total. The normalized spacial score (nSPS) is 14.3. The maximum atomic E-state index is 15.4. The molecule has 0 bridgehead atoms. The van der Waals surface area contributed by atoms with Gasteiger partial charge in [0.2, 0.25) is 6.41 Å². The molecule has 3 rings (SSSR count). The SMILES string of the molecule is C=N/C(=C\N1C=C(c2c(CC)c(F)c(NC(C)C)c3[nH]ncc23)N=CC1)NC=O. The zero-order valence-electron chi connectivity index (χ0n) is 16.7. The van der Waals surface area contributed by atoms with Gasteiger partial charge in [0.25, 0.3) is 0 Å². The highest BCUT2D eigenvalue weighted by molar-refractivity contribution is 6.01. The van der Waals surface area contributed by atoms with Gasteiger partial charge in [0, 0.05) is 35.6 Å². The Balaban J connectivity index is 2.16. The fourth-order valence-corrected chi connectivity index (χ4v) is 3.28. The van der Waals surface area contributed by atoms with Gasteiger partial charge in [-0.25, -0.2) is 9.38 Å². The maximum Gasteiger partial charge on any atom is 0.212 e. The summed E-state index contributed by atoms with van der Waals surface area (Å²) in [4.78, 5) is 20.8. The van der Waals surface area contributed by atoms with E-state index in [-0.39, 0.29) is 11.9 Å². The summed E-state index contributed by atoms with van der Waals surface area (Å²) in [6.07, 6.45) is 7.85. The van der Waals surface area contributed by atoms with Gasteiger partial charge in [0.05, 0.1) is 29.6 Å². The zero-order valence-corrected chi connectivity index (χ0v) is 16.7. The predicted molar refractivity (Wildman–Crippen MR) is 114 cm³/mol. The van der Waals surface area contributed by atoms with Crippen molar-refractivity contribution in [2.75, 3.05) is 11.9 Å². The molecule has 1 aliphatic heterocycles. The number of fused-ring (bicyclic) bond motifs is 1. The summed E-state index contributed by atoms with van der Waals surface area (Å²) in [6, 6.07) is 0.0641. The Bertz CT molecular complexity index is 1020. The number of benzene rings is 1. The lowest BCUT2D eigenvalue weighted by Crippen LogP contribution is -2.20. The van der Waals surface area contributed by atoms with E-state index in [1.165, 1.54) is 0 Å². The monoisotopic (exact) mass is 397 g/mol. The van der Waals surface area contributed by atoms with Crippen LogP contribution in [0.25, 0.3) is 16.6 Å². The molecule has 8 nitrogen and oxygen atoms in total. The number of nitrogens with one attached hydrogen (secondary N) is 3. The first-order chi connectivity index (χ1) is 14.0. The Morgan fingerprint density at radius 1 is 1.52 bits per heavy atom. The van der Waals surface area contributed by atoms with Gasteiger partial charge in [-0.1, -0.05) is 6.92 Å². The Morgan fingerprint density at radius 2 is 2.31 bits per heavy atom. The number of nitrogens with zero attached hydrogens (tertiary/aromatic N) is 4. The highest BCUT2D eigenvalue weighted by Crippen LogP contribution is 2.37. The van der Waals surface area contributed by atoms with Gasteiger partial charge < -0.3 is 15.5 Å². The quantitative estimate of drug-likeness (QED) is 0.471. The average molecular weight is 397 g/mol. The number of rotatable bonds is 8. The fraction of sp³-hybridized carbons (Fsp3) is 0.300. The molecule has 0 saturated carbocycles. The Kier molecular flexibility index (Phi) is 6.06. The molecule has 152 valence electrons. The van der Waals surface area contributed by atoms with Crippen LogP contribution in [0.5, 0.6) is 0 Å². The highest BCUT2D eigenvalue weighted by Gasteiger charge is 2.23. The van der Waals surface area contributed by atoms with Crippen molar-refractivity contribution in [2.24, 2.45) is 9.98 Å². The van der Waals surface area contributed by atoms with Crippen LogP contribution in [0.15, 0.2) is 34.4 Å². The number of aromatic amines is 1. The first-order valence-corrected chi connectivity index (χ1v) is 9.33. The second-order valence-electron chi connectivity index (χ2n) is 6.81. The van der Waals surface area contributed by atoms with Gasteiger partial charge in [-0.05, 0) is 32.5 Å². The molecule has 0 saturated heterocycles. The Labute approximate surface area is 168 Å². The zero-order chi connectivity index (χ0) is 21.0. The molecule has 9 heteroatoms. The van der Waals surface area contributed by atoms with E-state index in [0.717, 1.165) is 5.39 Å². The van der Waals surface area contributed by atoms with Crippen LogP contribution in [0.1, 0.15) is 31.9 Å². The van der Waals surface area contributed by atoms with E-state index in [9.17, 15) is 4.79 Å². The summed E-state index contributed by atoms with van der Waals surface area (Å²) < 4.78 is 15.4. The van der Waals surface area contributed by atoms with E-state index in [2.05, 4.69) is 37.5 Å². The third-order valence-electron chi connectivity index (χ3n) is 4.46. The number of H-pyrrole nitrogens is 1. The number of hydrogen-bond acceptors (Lipinski definition) is 6. The predicted octanol–water partition coefficient (Wildman–Crippen LogP) is 3.02. The lowest BCUT2D eigenvalue weighted by atomic mass is 9.96. The lowest BCUT2D eigenvalue weighted by molar-refractivity contribution is -0.108. The van der Waals surface area contributed by atoms with E-state index >= 15 is 4.39 Å². The number of carbonyl (C=O) groups excluding carboxylic acids is 1. The van der Waals surface area contributed by atoms with Crippen LogP contribution < -0.4 is 10.6 Å². The summed E-state index contributed by atoms with van der Waals surface area (Å²) in [6.45, 7) is 9.74. The number of aliphatic imine (C=N–C) groups is 2. The van der Waals surface area contributed by atoms with Gasteiger partial charge in [-0.2, -0.15) is 5.10 Å². The van der Waals surface area contributed by atoms with E-state index in [1.807, 2.05) is 20.8 Å². The largest absolute Gasteiger partial charge is 0.379 e. The van der Waals surface area contributed by atoms with E-state index in [4.69, 9.17) is 0 Å². The molecule has 1 aromatic heterocycles. The van der Waals surface area contributed by atoms with Gasteiger partial charge in [0.15, 0.2) is 5.82 Å². The van der Waals surface area contributed by atoms with E-state index < -0.39 is 0 Å². The van der Waals surface area contributed by atoms with Gasteiger partial charge in [0.1, 0.15) is 5.82 Å². The number of carbonyl (C=O) groups is 1. The van der Waals surface area contributed by atoms with Crippen LogP contribution in [0.2, 0.25) is 0 Å². The Morgan fingerprint density at radius 3 is 2.97 bits per heavy atom. The van der Waals surface area contributed by atoms with Crippen LogP contribution in [-0.4, -0.2) is 47.0 Å². The van der Waals surface area contributed by atoms with Gasteiger partial charge in [-0.3, -0.25) is 14.9 Å². The summed E-state index contributed by atoms with van der Waals surface area (Å²) in [5, 5.41) is 13.5. The molecule has 29 heavy (non-hydrogen) atoms. The number of aromatic nitrogens is 2. The van der Waals surface area contributed by atoms with E-state index in [0.29, 0.717) is 53.2 Å². The molecule has 0 aliphatic carbocycles. The molecule has 1 aliphatic rings. The van der Waals surface area contributed by atoms with Crippen molar-refractivity contribution in [3.63, 3.8) is 0 Å². The van der Waals surface area contributed by atoms with Crippen LogP contribution >= 0.6 is 0 Å². The second kappa shape index (κ2) is 8.68. The van der Waals surface area contributed by atoms with Crippen molar-refractivity contribution >= 4 is 41.6 Å². The second-order valence-corrected chi connectivity index (χ2v) is 6.81. The van der Waals surface area contributed by atoms with Gasteiger partial charge >= 0.3 is 0 Å². The molecule has 0 atom stereocenters. The summed E-state index contributed by atoms with van der Waals surface area (Å²) >= 11 is 0. The van der Waals surface area contributed by atoms with Crippen molar-refractivity contribution in [3.05, 3.63) is 41.4 Å². The maximum absolute atomic E-state index is 15.4. The van der Waals surface area contributed by atoms with Crippen LogP contribution in [0.4, 0.5) is 10.1 Å². The average Bonchev–Trinajstić information content (AvgIpc) is 3.18. The van der Waals surface area contributed by atoms with Crippen LogP contribution in [0, 0.1) is 5.82 Å². The number of amides is 1. The van der Waals surface area contributed by atoms with E-state index in [1.54, 1.807) is 29.7 Å². The first-order valence-electron chi connectivity index (χ1n) is 9.33.